The van der Waals surface area contributed by atoms with E-state index in [2.05, 4.69) is 34.4 Å². The van der Waals surface area contributed by atoms with E-state index in [0.717, 1.165) is 18.5 Å². The van der Waals surface area contributed by atoms with E-state index in [9.17, 15) is 0 Å². The van der Waals surface area contributed by atoms with E-state index in [1.165, 1.54) is 71.0 Å². The van der Waals surface area contributed by atoms with Crippen LogP contribution in [0.2, 0.25) is 0 Å². The molecule has 4 aliphatic rings. The number of hydrogen-bond donors (Lipinski definition) is 2. The number of piperidine rings is 1. The van der Waals surface area contributed by atoms with Gasteiger partial charge < -0.3 is 20.3 Å². The van der Waals surface area contributed by atoms with Gasteiger partial charge in [-0.3, -0.25) is 4.99 Å². The highest BCUT2D eigenvalue weighted by Gasteiger charge is 2.59. The van der Waals surface area contributed by atoms with E-state index >= 15 is 0 Å². The molecule has 0 aromatic carbocycles. The van der Waals surface area contributed by atoms with E-state index in [1.807, 2.05) is 7.05 Å². The van der Waals surface area contributed by atoms with E-state index in [1.54, 1.807) is 0 Å². The Hall–Kier alpha value is -0.810. The predicted octanol–water partition coefficient (Wildman–Crippen LogP) is 3.01. The number of guanidine groups is 1. The minimum Gasteiger partial charge on any atom is -0.377 e. The summed E-state index contributed by atoms with van der Waals surface area (Å²) >= 11 is 0. The molecular formula is C22H40N4O. The molecule has 2 saturated heterocycles. The van der Waals surface area contributed by atoms with Crippen LogP contribution in [-0.4, -0.2) is 62.3 Å². The van der Waals surface area contributed by atoms with Crippen molar-refractivity contribution in [1.82, 2.24) is 15.5 Å². The topological polar surface area (TPSA) is 48.9 Å². The maximum Gasteiger partial charge on any atom is 0.191 e. The summed E-state index contributed by atoms with van der Waals surface area (Å²) in [5, 5.41) is 7.45. The van der Waals surface area contributed by atoms with E-state index in [-0.39, 0.29) is 5.41 Å². The molecule has 2 N–H and O–H groups in total. The molecule has 5 heteroatoms. The Balaban J connectivity index is 1.22. The first-order valence-corrected chi connectivity index (χ1v) is 11.4. The molecule has 2 aliphatic heterocycles. The van der Waals surface area contributed by atoms with Gasteiger partial charge in [0, 0.05) is 56.7 Å². The number of likely N-dealkylation sites (tertiary alicyclic amines) is 1. The molecule has 0 aromatic heterocycles. The number of aliphatic imine (C=N–C) groups is 1. The van der Waals surface area contributed by atoms with Gasteiger partial charge in [0.05, 0.1) is 6.10 Å². The number of nitrogens with zero attached hydrogens (tertiary/aromatic N) is 2. The number of rotatable bonds is 4. The second-order valence-corrected chi connectivity index (χ2v) is 9.98. The lowest BCUT2D eigenvalue weighted by Gasteiger charge is -2.55. The molecule has 2 saturated carbocycles. The van der Waals surface area contributed by atoms with E-state index in [0.29, 0.717) is 24.1 Å². The van der Waals surface area contributed by atoms with Crippen LogP contribution in [-0.2, 0) is 4.74 Å². The monoisotopic (exact) mass is 376 g/mol. The maximum atomic E-state index is 5.93. The molecule has 4 rings (SSSR count). The summed E-state index contributed by atoms with van der Waals surface area (Å²) in [6.07, 6.45) is 11.4. The Morgan fingerprint density at radius 3 is 2.48 bits per heavy atom. The van der Waals surface area contributed by atoms with Gasteiger partial charge in [-0.1, -0.05) is 33.1 Å². The normalized spacial score (nSPS) is 35.5. The van der Waals surface area contributed by atoms with Crippen molar-refractivity contribution in [2.45, 2.75) is 83.4 Å². The standard InChI is InChI=1S/C22H40N4O/c1-22(2)19(18-11-14-27-20(18)22)25-21(23-3)24-17-9-12-26(13-10-17)15-16-7-5-4-6-8-16/h16-20H,4-15H2,1-3H3,(H2,23,24,25). The van der Waals surface area contributed by atoms with Crippen LogP contribution in [0.3, 0.4) is 0 Å². The fourth-order valence-corrected chi connectivity index (χ4v) is 6.12. The van der Waals surface area contributed by atoms with Crippen LogP contribution in [0, 0.1) is 17.3 Å². The highest BCUT2D eigenvalue weighted by Crippen LogP contribution is 2.52. The van der Waals surface area contributed by atoms with Gasteiger partial charge in [-0.2, -0.15) is 0 Å². The van der Waals surface area contributed by atoms with Crippen molar-refractivity contribution in [3.63, 3.8) is 0 Å². The van der Waals surface area contributed by atoms with Crippen molar-refractivity contribution < 1.29 is 4.74 Å². The van der Waals surface area contributed by atoms with Crippen LogP contribution in [0.25, 0.3) is 0 Å². The van der Waals surface area contributed by atoms with Crippen molar-refractivity contribution in [1.29, 1.82) is 0 Å². The van der Waals surface area contributed by atoms with Gasteiger partial charge in [-0.05, 0) is 38.0 Å². The van der Waals surface area contributed by atoms with Crippen LogP contribution < -0.4 is 10.6 Å². The summed E-state index contributed by atoms with van der Waals surface area (Å²) in [7, 11) is 1.90. The van der Waals surface area contributed by atoms with Gasteiger partial charge >= 0.3 is 0 Å². The Morgan fingerprint density at radius 1 is 1.04 bits per heavy atom. The third kappa shape index (κ3) is 4.14. The molecule has 2 aliphatic carbocycles. The SMILES string of the molecule is CN=C(NC1CCN(CC2CCCCC2)CC1)NC1C2CCOC2C1(C)C. The van der Waals surface area contributed by atoms with Crippen LogP contribution in [0.1, 0.15) is 65.2 Å². The average Bonchev–Trinajstić information content (AvgIpc) is 3.14. The van der Waals surface area contributed by atoms with Crippen LogP contribution in [0.15, 0.2) is 4.99 Å². The Bertz CT molecular complexity index is 520. The fraction of sp³-hybridized carbons (Fsp3) is 0.955. The molecular weight excluding hydrogens is 336 g/mol. The van der Waals surface area contributed by atoms with Crippen molar-refractivity contribution in [3.05, 3.63) is 0 Å². The molecule has 0 aromatic rings. The molecule has 5 nitrogen and oxygen atoms in total. The molecule has 4 fully saturated rings. The molecule has 27 heavy (non-hydrogen) atoms. The third-order valence-electron chi connectivity index (χ3n) is 7.79. The molecule has 2 heterocycles. The third-order valence-corrected chi connectivity index (χ3v) is 7.79. The van der Waals surface area contributed by atoms with E-state index < -0.39 is 0 Å². The molecule has 154 valence electrons. The Kier molecular flexibility index (Phi) is 5.98. The van der Waals surface area contributed by atoms with Gasteiger partial charge in [0.2, 0.25) is 0 Å². The van der Waals surface area contributed by atoms with Gasteiger partial charge in [0.15, 0.2) is 5.96 Å². The molecule has 0 radical (unpaired) electrons. The minimum absolute atomic E-state index is 0.197. The molecule has 0 amide bonds. The number of nitrogens with one attached hydrogen (secondary N) is 2. The van der Waals surface area contributed by atoms with Crippen molar-refractivity contribution >= 4 is 5.96 Å². The highest BCUT2D eigenvalue weighted by molar-refractivity contribution is 5.80. The Labute approximate surface area is 165 Å². The summed E-state index contributed by atoms with van der Waals surface area (Å²) < 4.78 is 5.93. The average molecular weight is 377 g/mol. The van der Waals surface area contributed by atoms with Crippen molar-refractivity contribution in [2.75, 3.05) is 33.3 Å². The van der Waals surface area contributed by atoms with Gasteiger partial charge in [-0.25, -0.2) is 0 Å². The van der Waals surface area contributed by atoms with Crippen molar-refractivity contribution in [3.8, 4) is 0 Å². The lowest BCUT2D eigenvalue weighted by molar-refractivity contribution is -0.106. The first-order valence-electron chi connectivity index (χ1n) is 11.4. The maximum absolute atomic E-state index is 5.93. The predicted molar refractivity (Wildman–Crippen MR) is 111 cm³/mol. The van der Waals surface area contributed by atoms with Crippen LogP contribution in [0.4, 0.5) is 0 Å². The van der Waals surface area contributed by atoms with Gasteiger partial charge in [-0.15, -0.1) is 0 Å². The quantitative estimate of drug-likeness (QED) is 0.585. The first kappa shape index (κ1) is 19.5. The van der Waals surface area contributed by atoms with Gasteiger partial charge in [0.25, 0.3) is 0 Å². The van der Waals surface area contributed by atoms with Crippen molar-refractivity contribution in [2.24, 2.45) is 22.2 Å². The van der Waals surface area contributed by atoms with Gasteiger partial charge in [0.1, 0.15) is 0 Å². The fourth-order valence-electron chi connectivity index (χ4n) is 6.12. The second-order valence-electron chi connectivity index (χ2n) is 9.98. The summed E-state index contributed by atoms with van der Waals surface area (Å²) in [5.41, 5.74) is 0.197. The zero-order valence-corrected chi connectivity index (χ0v) is 17.7. The summed E-state index contributed by atoms with van der Waals surface area (Å²) in [4.78, 5) is 7.24. The summed E-state index contributed by atoms with van der Waals surface area (Å²) in [6.45, 7) is 9.38. The molecule has 3 unspecified atom stereocenters. The Morgan fingerprint density at radius 2 is 1.78 bits per heavy atom. The summed E-state index contributed by atoms with van der Waals surface area (Å²) in [5.74, 6) is 2.60. The molecule has 0 spiro atoms. The zero-order chi connectivity index (χ0) is 18.9. The molecule has 3 atom stereocenters. The largest absolute Gasteiger partial charge is 0.377 e. The number of ether oxygens (including phenoxy) is 1. The van der Waals surface area contributed by atoms with Crippen LogP contribution >= 0.6 is 0 Å². The molecule has 0 bridgehead atoms. The van der Waals surface area contributed by atoms with E-state index in [4.69, 9.17) is 4.74 Å². The number of fused-ring (bicyclic) bond motifs is 1. The highest BCUT2D eigenvalue weighted by atomic mass is 16.5. The minimum atomic E-state index is 0.197. The van der Waals surface area contributed by atoms with Crippen LogP contribution in [0.5, 0.6) is 0 Å². The first-order chi connectivity index (χ1) is 13.1. The lowest BCUT2D eigenvalue weighted by Crippen LogP contribution is -2.68. The second kappa shape index (κ2) is 8.28. The summed E-state index contributed by atoms with van der Waals surface area (Å²) in [6, 6.07) is 1.03. The number of hydrogen-bond acceptors (Lipinski definition) is 3. The zero-order valence-electron chi connectivity index (χ0n) is 17.7. The smallest absolute Gasteiger partial charge is 0.191 e. The lowest BCUT2D eigenvalue weighted by atomic mass is 9.57.